The van der Waals surface area contributed by atoms with Crippen LogP contribution >= 0.6 is 27.3 Å². The standard InChI is InChI=1S/C22H21BrN2O2S/c1-13-4-5-17(12-14(13)2)19(26)10-11-20(27)24-22-25-21(15(3)28-22)16-6-8-18(23)9-7-16/h4-9,12H,10-11H2,1-3H3,(H,24,25,27). The molecule has 2 aromatic carbocycles. The van der Waals surface area contributed by atoms with Gasteiger partial charge in [0.25, 0.3) is 0 Å². The summed E-state index contributed by atoms with van der Waals surface area (Å²) < 4.78 is 1.01. The zero-order chi connectivity index (χ0) is 20.3. The van der Waals surface area contributed by atoms with Gasteiger partial charge in [0.2, 0.25) is 5.91 Å². The van der Waals surface area contributed by atoms with Crippen LogP contribution in [0, 0.1) is 20.8 Å². The maximum absolute atomic E-state index is 12.3. The number of anilines is 1. The van der Waals surface area contributed by atoms with Gasteiger partial charge in [-0.25, -0.2) is 4.98 Å². The number of thiazole rings is 1. The summed E-state index contributed by atoms with van der Waals surface area (Å²) in [6.45, 7) is 5.97. The van der Waals surface area contributed by atoms with Gasteiger partial charge >= 0.3 is 0 Å². The Morgan fingerprint density at radius 3 is 2.39 bits per heavy atom. The third-order valence-corrected chi connectivity index (χ3v) is 5.98. The van der Waals surface area contributed by atoms with Crippen LogP contribution in [0.25, 0.3) is 11.3 Å². The third kappa shape index (κ3) is 4.94. The molecule has 3 rings (SSSR count). The van der Waals surface area contributed by atoms with E-state index in [2.05, 4.69) is 26.2 Å². The van der Waals surface area contributed by atoms with Crippen LogP contribution in [0.4, 0.5) is 5.13 Å². The zero-order valence-electron chi connectivity index (χ0n) is 16.0. The molecule has 0 aliphatic rings. The first kappa shape index (κ1) is 20.4. The third-order valence-electron chi connectivity index (χ3n) is 4.57. The number of nitrogens with one attached hydrogen (secondary N) is 1. The number of rotatable bonds is 6. The van der Waals surface area contributed by atoms with Crippen molar-refractivity contribution >= 4 is 44.1 Å². The molecule has 4 nitrogen and oxygen atoms in total. The van der Waals surface area contributed by atoms with E-state index in [9.17, 15) is 9.59 Å². The molecule has 0 unspecified atom stereocenters. The van der Waals surface area contributed by atoms with E-state index in [0.717, 1.165) is 31.7 Å². The number of benzene rings is 2. The predicted octanol–water partition coefficient (Wildman–Crippen LogP) is 6.10. The fraction of sp³-hybridized carbons (Fsp3) is 0.227. The number of carbonyl (C=O) groups is 2. The number of amides is 1. The second kappa shape index (κ2) is 8.80. The molecule has 0 saturated heterocycles. The van der Waals surface area contributed by atoms with E-state index in [1.807, 2.05) is 63.2 Å². The van der Waals surface area contributed by atoms with Crippen molar-refractivity contribution < 1.29 is 9.59 Å². The van der Waals surface area contributed by atoms with Crippen molar-refractivity contribution in [2.45, 2.75) is 33.6 Å². The maximum Gasteiger partial charge on any atom is 0.226 e. The van der Waals surface area contributed by atoms with Crippen molar-refractivity contribution in [3.05, 3.63) is 68.5 Å². The molecule has 1 amide bonds. The Morgan fingerprint density at radius 2 is 1.71 bits per heavy atom. The molecule has 0 aliphatic carbocycles. The molecule has 0 bridgehead atoms. The summed E-state index contributed by atoms with van der Waals surface area (Å²) in [4.78, 5) is 30.2. The number of Topliss-reactive ketones (excluding diaryl/α,β-unsaturated/α-hetero) is 1. The van der Waals surface area contributed by atoms with Gasteiger partial charge in [-0.3, -0.25) is 9.59 Å². The largest absolute Gasteiger partial charge is 0.302 e. The van der Waals surface area contributed by atoms with Crippen LogP contribution in [0.15, 0.2) is 46.9 Å². The van der Waals surface area contributed by atoms with Gasteiger partial charge in [0.1, 0.15) is 0 Å². The summed E-state index contributed by atoms with van der Waals surface area (Å²) in [6.07, 6.45) is 0.316. The lowest BCUT2D eigenvalue weighted by Gasteiger charge is -2.05. The molecule has 0 spiro atoms. The topological polar surface area (TPSA) is 59.1 Å². The van der Waals surface area contributed by atoms with E-state index in [0.29, 0.717) is 10.7 Å². The first-order valence-electron chi connectivity index (χ1n) is 8.97. The number of ketones is 1. The smallest absolute Gasteiger partial charge is 0.226 e. The highest BCUT2D eigenvalue weighted by atomic mass is 79.9. The first-order chi connectivity index (χ1) is 13.3. The number of halogens is 1. The molecule has 144 valence electrons. The average molecular weight is 457 g/mol. The minimum atomic E-state index is -0.201. The van der Waals surface area contributed by atoms with Crippen LogP contribution in [0.5, 0.6) is 0 Å². The molecule has 1 aromatic heterocycles. The van der Waals surface area contributed by atoms with Crippen LogP contribution in [0.1, 0.15) is 39.2 Å². The quantitative estimate of drug-likeness (QED) is 0.455. The first-order valence-corrected chi connectivity index (χ1v) is 10.6. The molecule has 3 aromatic rings. The molecule has 6 heteroatoms. The Hall–Kier alpha value is -2.31. The molecule has 0 aliphatic heterocycles. The summed E-state index contributed by atoms with van der Waals surface area (Å²) in [5, 5.41) is 3.37. The van der Waals surface area contributed by atoms with Crippen LogP contribution in [-0.4, -0.2) is 16.7 Å². The van der Waals surface area contributed by atoms with Crippen LogP contribution in [0.3, 0.4) is 0 Å². The Balaban J connectivity index is 1.60. The number of aryl methyl sites for hydroxylation is 3. The average Bonchev–Trinajstić information content (AvgIpc) is 3.02. The van der Waals surface area contributed by atoms with E-state index < -0.39 is 0 Å². The van der Waals surface area contributed by atoms with Gasteiger partial charge in [-0.15, -0.1) is 11.3 Å². The van der Waals surface area contributed by atoms with Gasteiger partial charge in [-0.05, 0) is 50.1 Å². The lowest BCUT2D eigenvalue weighted by atomic mass is 10.0. The summed E-state index contributed by atoms with van der Waals surface area (Å²) >= 11 is 4.86. The number of nitrogens with zero attached hydrogens (tertiary/aromatic N) is 1. The number of hydrogen-bond acceptors (Lipinski definition) is 4. The van der Waals surface area contributed by atoms with Crippen molar-refractivity contribution in [3.8, 4) is 11.3 Å². The maximum atomic E-state index is 12.3. The summed E-state index contributed by atoms with van der Waals surface area (Å²) in [7, 11) is 0. The van der Waals surface area contributed by atoms with Crippen LogP contribution < -0.4 is 5.32 Å². The van der Waals surface area contributed by atoms with Gasteiger partial charge in [-0.2, -0.15) is 0 Å². The summed E-state index contributed by atoms with van der Waals surface area (Å²) in [5.74, 6) is -0.225. The van der Waals surface area contributed by atoms with Gasteiger partial charge in [-0.1, -0.05) is 40.2 Å². The minimum Gasteiger partial charge on any atom is -0.302 e. The SMILES string of the molecule is Cc1ccc(C(=O)CCC(=O)Nc2nc(-c3ccc(Br)cc3)c(C)s2)cc1C. The second-order valence-electron chi connectivity index (χ2n) is 6.70. The second-order valence-corrected chi connectivity index (χ2v) is 8.82. The van der Waals surface area contributed by atoms with Crippen LogP contribution in [-0.2, 0) is 4.79 Å². The fourth-order valence-corrected chi connectivity index (χ4v) is 3.91. The number of hydrogen-bond donors (Lipinski definition) is 1. The van der Waals surface area contributed by atoms with Crippen LogP contribution in [0.2, 0.25) is 0 Å². The van der Waals surface area contributed by atoms with E-state index in [1.54, 1.807) is 0 Å². The van der Waals surface area contributed by atoms with Gasteiger partial charge in [0.15, 0.2) is 10.9 Å². The summed E-state index contributed by atoms with van der Waals surface area (Å²) in [5.41, 5.74) is 4.74. The van der Waals surface area contributed by atoms with Crippen molar-refractivity contribution in [1.29, 1.82) is 0 Å². The molecular formula is C22H21BrN2O2S. The Bertz CT molecular complexity index is 1030. The van der Waals surface area contributed by atoms with E-state index in [-0.39, 0.29) is 24.5 Å². The Morgan fingerprint density at radius 1 is 1.00 bits per heavy atom. The van der Waals surface area contributed by atoms with Crippen molar-refractivity contribution in [3.63, 3.8) is 0 Å². The molecule has 0 radical (unpaired) electrons. The molecule has 0 saturated carbocycles. The van der Waals surface area contributed by atoms with Gasteiger partial charge < -0.3 is 5.32 Å². The lowest BCUT2D eigenvalue weighted by Crippen LogP contribution is -2.13. The molecule has 0 fully saturated rings. The normalized spacial score (nSPS) is 10.7. The van der Waals surface area contributed by atoms with Crippen molar-refractivity contribution in [2.75, 3.05) is 5.32 Å². The highest BCUT2D eigenvalue weighted by Crippen LogP contribution is 2.31. The predicted molar refractivity (Wildman–Crippen MR) is 118 cm³/mol. The molecular weight excluding hydrogens is 436 g/mol. The van der Waals surface area contributed by atoms with E-state index in [4.69, 9.17) is 0 Å². The molecule has 0 atom stereocenters. The van der Waals surface area contributed by atoms with Crippen molar-refractivity contribution in [2.24, 2.45) is 0 Å². The monoisotopic (exact) mass is 456 g/mol. The zero-order valence-corrected chi connectivity index (χ0v) is 18.4. The highest BCUT2D eigenvalue weighted by molar-refractivity contribution is 9.10. The Kier molecular flexibility index (Phi) is 6.42. The molecule has 1 N–H and O–H groups in total. The Labute approximate surface area is 177 Å². The van der Waals surface area contributed by atoms with E-state index in [1.165, 1.54) is 11.3 Å². The molecule has 1 heterocycles. The minimum absolute atomic E-state index is 0.0240. The molecule has 28 heavy (non-hydrogen) atoms. The van der Waals surface area contributed by atoms with Crippen molar-refractivity contribution in [1.82, 2.24) is 4.98 Å². The van der Waals surface area contributed by atoms with Gasteiger partial charge in [0.05, 0.1) is 5.69 Å². The lowest BCUT2D eigenvalue weighted by molar-refractivity contribution is -0.116. The van der Waals surface area contributed by atoms with E-state index >= 15 is 0 Å². The highest BCUT2D eigenvalue weighted by Gasteiger charge is 2.14. The fourth-order valence-electron chi connectivity index (χ4n) is 2.79. The summed E-state index contributed by atoms with van der Waals surface area (Å²) in [6, 6.07) is 13.5. The number of aromatic nitrogens is 1. The number of carbonyl (C=O) groups excluding carboxylic acids is 2. The van der Waals surface area contributed by atoms with Gasteiger partial charge in [0, 0.05) is 33.3 Å².